The summed E-state index contributed by atoms with van der Waals surface area (Å²) >= 11 is 6.53. The molecule has 4 heterocycles. The molecule has 5 rings (SSSR count). The number of fused-ring (bicyclic) bond motifs is 4. The molecule has 2 aromatic heterocycles. The average Bonchev–Trinajstić information content (AvgIpc) is 2.92. The van der Waals surface area contributed by atoms with E-state index in [1.807, 2.05) is 0 Å². The smallest absolute Gasteiger partial charge is 0.416 e. The lowest BCUT2D eigenvalue weighted by Gasteiger charge is -2.46. The number of nitrogens with zero attached hydrogens (tertiary/aromatic N) is 4. The van der Waals surface area contributed by atoms with Gasteiger partial charge in [-0.05, 0) is 37.1 Å². The molecule has 2 aliphatic heterocycles. The van der Waals surface area contributed by atoms with Crippen molar-refractivity contribution >= 4 is 35.0 Å². The Labute approximate surface area is 226 Å². The standard InChI is InChI=1S/C26H25ClF3N5O4/c27-19-11-20-24(33-23(19)15-4-1-5-16(10-15)26(28,29)30)35(17-6-3-9-34(20)12-17)25(38)32-21-7-2-8-22(31-21)39-14-18(37)13-36/h1-2,4-5,7-8,10-11,17-18,36-37H,3,6,9,12-14H2,(H,31,32,38)/t17-,18?/m0/s1. The van der Waals surface area contributed by atoms with E-state index in [4.69, 9.17) is 21.4 Å². The number of halogens is 4. The van der Waals surface area contributed by atoms with Gasteiger partial charge in [0, 0.05) is 24.7 Å². The molecule has 0 radical (unpaired) electrons. The van der Waals surface area contributed by atoms with Crippen LogP contribution in [0.3, 0.4) is 0 Å². The number of benzene rings is 1. The number of pyridine rings is 2. The number of piperidine rings is 1. The van der Waals surface area contributed by atoms with Gasteiger partial charge < -0.3 is 19.8 Å². The SMILES string of the molecule is O=C(Nc1cccc(OCC(O)CO)n1)N1c2nc(-c3cccc(C(F)(F)F)c3)c(Cl)cc2N2CCC[C@H]1C2. The Morgan fingerprint density at radius 1 is 1.21 bits per heavy atom. The number of aliphatic hydroxyl groups is 2. The zero-order valence-electron chi connectivity index (χ0n) is 20.5. The third-order valence-corrected chi connectivity index (χ3v) is 6.83. The number of carbonyl (C=O) groups is 1. The minimum absolute atomic E-state index is 0.136. The molecule has 2 bridgehead atoms. The number of hydrogen-bond acceptors (Lipinski definition) is 7. The number of rotatable bonds is 6. The van der Waals surface area contributed by atoms with Crippen molar-refractivity contribution in [3.63, 3.8) is 0 Å². The topological polar surface area (TPSA) is 111 Å². The van der Waals surface area contributed by atoms with Crippen LogP contribution in [-0.4, -0.2) is 64.7 Å². The Kier molecular flexibility index (Phi) is 7.52. The summed E-state index contributed by atoms with van der Waals surface area (Å²) in [6, 6.07) is 10.3. The van der Waals surface area contributed by atoms with Crippen molar-refractivity contribution in [1.29, 1.82) is 0 Å². The maximum Gasteiger partial charge on any atom is 0.416 e. The normalized spacial score (nSPS) is 17.4. The van der Waals surface area contributed by atoms with Crippen LogP contribution >= 0.6 is 11.6 Å². The molecular weight excluding hydrogens is 539 g/mol. The highest BCUT2D eigenvalue weighted by atomic mass is 35.5. The van der Waals surface area contributed by atoms with E-state index >= 15 is 0 Å². The number of nitrogens with one attached hydrogen (secondary N) is 1. The van der Waals surface area contributed by atoms with E-state index in [0.717, 1.165) is 25.1 Å². The predicted molar refractivity (Wildman–Crippen MR) is 139 cm³/mol. The molecule has 0 spiro atoms. The Bertz CT molecular complexity index is 1380. The second kappa shape index (κ2) is 10.9. The second-order valence-electron chi connectivity index (χ2n) is 9.29. The molecule has 2 atom stereocenters. The van der Waals surface area contributed by atoms with Crippen LogP contribution in [0.5, 0.6) is 5.88 Å². The molecule has 1 saturated heterocycles. The average molecular weight is 564 g/mol. The fourth-order valence-corrected chi connectivity index (χ4v) is 4.97. The molecule has 0 saturated carbocycles. The van der Waals surface area contributed by atoms with E-state index in [1.54, 1.807) is 24.3 Å². The van der Waals surface area contributed by atoms with Gasteiger partial charge in [0.15, 0.2) is 5.82 Å². The number of amides is 2. The van der Waals surface area contributed by atoms with Crippen LogP contribution in [0.2, 0.25) is 5.02 Å². The molecule has 39 heavy (non-hydrogen) atoms. The lowest BCUT2D eigenvalue weighted by molar-refractivity contribution is -0.137. The van der Waals surface area contributed by atoms with E-state index < -0.39 is 30.5 Å². The van der Waals surface area contributed by atoms with Gasteiger partial charge in [-0.15, -0.1) is 0 Å². The number of anilines is 3. The molecule has 9 nitrogen and oxygen atoms in total. The van der Waals surface area contributed by atoms with Gasteiger partial charge in [0.1, 0.15) is 18.5 Å². The lowest BCUT2D eigenvalue weighted by Crippen LogP contribution is -2.56. The number of ether oxygens (including phenoxy) is 1. The van der Waals surface area contributed by atoms with Crippen LogP contribution in [0.1, 0.15) is 18.4 Å². The molecule has 0 aliphatic carbocycles. The van der Waals surface area contributed by atoms with Crippen LogP contribution < -0.4 is 19.9 Å². The molecule has 1 aromatic carbocycles. The molecule has 2 aliphatic rings. The lowest BCUT2D eigenvalue weighted by atomic mass is 9.99. The summed E-state index contributed by atoms with van der Waals surface area (Å²) in [6.07, 6.45) is -4.07. The molecule has 206 valence electrons. The highest BCUT2D eigenvalue weighted by molar-refractivity contribution is 6.33. The van der Waals surface area contributed by atoms with Crippen molar-refractivity contribution in [3.8, 4) is 17.1 Å². The first kappa shape index (κ1) is 27.0. The number of aromatic nitrogens is 2. The maximum absolute atomic E-state index is 13.6. The highest BCUT2D eigenvalue weighted by Gasteiger charge is 2.39. The largest absolute Gasteiger partial charge is 0.475 e. The van der Waals surface area contributed by atoms with Crippen LogP contribution in [0.4, 0.5) is 35.3 Å². The van der Waals surface area contributed by atoms with Crippen molar-refractivity contribution in [2.75, 3.05) is 41.4 Å². The summed E-state index contributed by atoms with van der Waals surface area (Å²) in [6.45, 7) is 0.640. The number of alkyl halides is 3. The quantitative estimate of drug-likeness (QED) is 0.403. The van der Waals surface area contributed by atoms with Crippen molar-refractivity contribution in [1.82, 2.24) is 9.97 Å². The van der Waals surface area contributed by atoms with Crippen molar-refractivity contribution in [2.24, 2.45) is 0 Å². The van der Waals surface area contributed by atoms with E-state index in [2.05, 4.69) is 20.2 Å². The van der Waals surface area contributed by atoms with Gasteiger partial charge >= 0.3 is 12.2 Å². The fourth-order valence-electron chi connectivity index (χ4n) is 4.71. The third kappa shape index (κ3) is 5.72. The number of hydrogen-bond donors (Lipinski definition) is 3. The number of urea groups is 1. The molecule has 3 N–H and O–H groups in total. The van der Waals surface area contributed by atoms with Crippen LogP contribution in [0, 0.1) is 0 Å². The van der Waals surface area contributed by atoms with Gasteiger partial charge in [-0.25, -0.2) is 9.78 Å². The number of carbonyl (C=O) groups excluding carboxylic acids is 1. The van der Waals surface area contributed by atoms with E-state index in [0.29, 0.717) is 24.5 Å². The zero-order valence-corrected chi connectivity index (χ0v) is 21.3. The molecular formula is C26H25ClF3N5O4. The Morgan fingerprint density at radius 2 is 2.00 bits per heavy atom. The molecule has 2 amide bonds. The van der Waals surface area contributed by atoms with Crippen molar-refractivity contribution in [3.05, 3.63) is 59.1 Å². The van der Waals surface area contributed by atoms with Crippen LogP contribution in [-0.2, 0) is 6.18 Å². The summed E-state index contributed by atoms with van der Waals surface area (Å²) in [7, 11) is 0. The van der Waals surface area contributed by atoms with E-state index in [-0.39, 0.29) is 40.6 Å². The van der Waals surface area contributed by atoms with Crippen molar-refractivity contribution < 1.29 is 32.9 Å². The first-order valence-corrected chi connectivity index (χ1v) is 12.6. The highest BCUT2D eigenvalue weighted by Crippen LogP contribution is 2.43. The molecule has 13 heteroatoms. The minimum Gasteiger partial charge on any atom is -0.475 e. The van der Waals surface area contributed by atoms with Gasteiger partial charge in [-0.3, -0.25) is 10.2 Å². The Morgan fingerprint density at radius 3 is 2.77 bits per heavy atom. The summed E-state index contributed by atoms with van der Waals surface area (Å²) in [5.74, 6) is 0.613. The third-order valence-electron chi connectivity index (χ3n) is 6.54. The first-order chi connectivity index (χ1) is 18.6. The predicted octanol–water partition coefficient (Wildman–Crippen LogP) is 4.57. The van der Waals surface area contributed by atoms with Crippen LogP contribution in [0.15, 0.2) is 48.5 Å². The molecule has 3 aromatic rings. The van der Waals surface area contributed by atoms with Gasteiger partial charge in [0.2, 0.25) is 5.88 Å². The molecule has 1 fully saturated rings. The monoisotopic (exact) mass is 563 g/mol. The van der Waals surface area contributed by atoms with Gasteiger partial charge in [0.25, 0.3) is 0 Å². The first-order valence-electron chi connectivity index (χ1n) is 12.3. The fraction of sp³-hybridized carbons (Fsp3) is 0.346. The van der Waals surface area contributed by atoms with Crippen molar-refractivity contribution in [2.45, 2.75) is 31.2 Å². The summed E-state index contributed by atoms with van der Waals surface area (Å²) < 4.78 is 45.4. The summed E-state index contributed by atoms with van der Waals surface area (Å²) in [5, 5.41) is 21.4. The minimum atomic E-state index is -4.53. The summed E-state index contributed by atoms with van der Waals surface area (Å²) in [4.78, 5) is 26.0. The maximum atomic E-state index is 13.6. The second-order valence-corrected chi connectivity index (χ2v) is 9.70. The Balaban J connectivity index is 1.48. The zero-order chi connectivity index (χ0) is 27.7. The number of aliphatic hydroxyl groups excluding tert-OH is 2. The summed E-state index contributed by atoms with van der Waals surface area (Å²) in [5.41, 5.74) is 0.104. The van der Waals surface area contributed by atoms with E-state index in [1.165, 1.54) is 17.0 Å². The van der Waals surface area contributed by atoms with Gasteiger partial charge in [-0.1, -0.05) is 29.8 Å². The Hall–Kier alpha value is -3.61. The van der Waals surface area contributed by atoms with Gasteiger partial charge in [0.05, 0.1) is 34.6 Å². The molecule has 1 unspecified atom stereocenters. The van der Waals surface area contributed by atoms with Crippen LogP contribution in [0.25, 0.3) is 11.3 Å². The van der Waals surface area contributed by atoms with Gasteiger partial charge in [-0.2, -0.15) is 18.2 Å². The van der Waals surface area contributed by atoms with E-state index in [9.17, 15) is 23.1 Å².